The van der Waals surface area contributed by atoms with Gasteiger partial charge in [-0.1, -0.05) is 42.8 Å². The lowest BCUT2D eigenvalue weighted by Crippen LogP contribution is -2.29. The van der Waals surface area contributed by atoms with Crippen LogP contribution in [0.2, 0.25) is 0 Å². The standard InChI is InChI=1S/C15H21BrFNO/c1-15(2,3)9-12(18)8-13(19)6-10-4-5-11(17)7-14(10)16/h4-5,7,12H,6,8-9,18H2,1-3H3. The Balaban J connectivity index is 2.56. The van der Waals surface area contributed by atoms with E-state index in [1.54, 1.807) is 6.07 Å². The molecule has 1 atom stereocenters. The van der Waals surface area contributed by atoms with Crippen LogP contribution < -0.4 is 5.73 Å². The Bertz CT molecular complexity index is 454. The van der Waals surface area contributed by atoms with E-state index in [-0.39, 0.29) is 23.1 Å². The van der Waals surface area contributed by atoms with Gasteiger partial charge in [0.05, 0.1) is 0 Å². The number of benzene rings is 1. The summed E-state index contributed by atoms with van der Waals surface area (Å²) in [6, 6.07) is 4.25. The maximum Gasteiger partial charge on any atom is 0.138 e. The van der Waals surface area contributed by atoms with Crippen LogP contribution in [0.25, 0.3) is 0 Å². The summed E-state index contributed by atoms with van der Waals surface area (Å²) >= 11 is 3.27. The molecule has 0 radical (unpaired) electrons. The average Bonchev–Trinajstić information content (AvgIpc) is 2.19. The van der Waals surface area contributed by atoms with E-state index >= 15 is 0 Å². The Kier molecular flexibility index (Phi) is 5.68. The number of halogens is 2. The van der Waals surface area contributed by atoms with E-state index < -0.39 is 0 Å². The van der Waals surface area contributed by atoms with Gasteiger partial charge in [0, 0.05) is 23.4 Å². The van der Waals surface area contributed by atoms with Crippen LogP contribution in [0.15, 0.2) is 22.7 Å². The summed E-state index contributed by atoms with van der Waals surface area (Å²) in [5, 5.41) is 0. The van der Waals surface area contributed by atoms with Gasteiger partial charge in [0.2, 0.25) is 0 Å². The summed E-state index contributed by atoms with van der Waals surface area (Å²) in [6.45, 7) is 6.32. The summed E-state index contributed by atoms with van der Waals surface area (Å²) < 4.78 is 13.6. The molecule has 0 amide bonds. The van der Waals surface area contributed by atoms with Crippen LogP contribution in [0.3, 0.4) is 0 Å². The summed E-state index contributed by atoms with van der Waals surface area (Å²) in [5.41, 5.74) is 6.91. The van der Waals surface area contributed by atoms with E-state index in [0.717, 1.165) is 12.0 Å². The number of carbonyl (C=O) groups is 1. The van der Waals surface area contributed by atoms with Crippen molar-refractivity contribution in [1.82, 2.24) is 0 Å². The van der Waals surface area contributed by atoms with Crippen LogP contribution in [-0.2, 0) is 11.2 Å². The molecule has 2 nitrogen and oxygen atoms in total. The van der Waals surface area contributed by atoms with Crippen LogP contribution in [0.5, 0.6) is 0 Å². The second-order valence-electron chi connectivity index (χ2n) is 6.18. The Morgan fingerprint density at radius 1 is 1.42 bits per heavy atom. The molecule has 0 aliphatic carbocycles. The van der Waals surface area contributed by atoms with E-state index in [1.165, 1.54) is 12.1 Å². The lowest BCUT2D eigenvalue weighted by atomic mass is 9.86. The highest BCUT2D eigenvalue weighted by Gasteiger charge is 2.18. The molecule has 1 rings (SSSR count). The topological polar surface area (TPSA) is 43.1 Å². The maximum absolute atomic E-state index is 12.9. The first-order chi connectivity index (χ1) is 8.67. The fourth-order valence-corrected chi connectivity index (χ4v) is 2.59. The number of carbonyl (C=O) groups excluding carboxylic acids is 1. The third-order valence-corrected chi connectivity index (χ3v) is 3.51. The molecule has 0 aliphatic heterocycles. The highest BCUT2D eigenvalue weighted by Crippen LogP contribution is 2.22. The van der Waals surface area contributed by atoms with Gasteiger partial charge in [-0.15, -0.1) is 0 Å². The minimum Gasteiger partial charge on any atom is -0.327 e. The predicted octanol–water partition coefficient (Wildman–Crippen LogP) is 3.85. The Morgan fingerprint density at radius 2 is 2.05 bits per heavy atom. The van der Waals surface area contributed by atoms with Gasteiger partial charge in [-0.2, -0.15) is 0 Å². The fourth-order valence-electron chi connectivity index (χ4n) is 2.10. The average molecular weight is 330 g/mol. The van der Waals surface area contributed by atoms with E-state index in [0.29, 0.717) is 17.3 Å². The Morgan fingerprint density at radius 3 is 2.58 bits per heavy atom. The van der Waals surface area contributed by atoms with Crippen molar-refractivity contribution < 1.29 is 9.18 Å². The normalized spacial score (nSPS) is 13.4. The van der Waals surface area contributed by atoms with E-state index in [1.807, 2.05) is 0 Å². The second-order valence-corrected chi connectivity index (χ2v) is 7.03. The molecule has 0 aromatic heterocycles. The zero-order valence-corrected chi connectivity index (χ0v) is 13.3. The van der Waals surface area contributed by atoms with Crippen LogP contribution in [-0.4, -0.2) is 11.8 Å². The molecule has 106 valence electrons. The molecule has 2 N–H and O–H groups in total. The summed E-state index contributed by atoms with van der Waals surface area (Å²) in [4.78, 5) is 12.0. The number of ketones is 1. The number of rotatable bonds is 5. The molecule has 1 aromatic carbocycles. The van der Waals surface area contributed by atoms with E-state index in [2.05, 4.69) is 36.7 Å². The molecule has 0 spiro atoms. The first kappa shape index (κ1) is 16.3. The molecule has 0 saturated heterocycles. The van der Waals surface area contributed by atoms with Crippen molar-refractivity contribution in [1.29, 1.82) is 0 Å². The van der Waals surface area contributed by atoms with Gasteiger partial charge < -0.3 is 5.73 Å². The molecule has 1 unspecified atom stereocenters. The molecular weight excluding hydrogens is 309 g/mol. The minimum absolute atomic E-state index is 0.0871. The molecule has 0 saturated carbocycles. The number of Topliss-reactive ketones (excluding diaryl/α,β-unsaturated/α-hetero) is 1. The highest BCUT2D eigenvalue weighted by atomic mass is 79.9. The predicted molar refractivity (Wildman–Crippen MR) is 79.5 cm³/mol. The monoisotopic (exact) mass is 329 g/mol. The van der Waals surface area contributed by atoms with Crippen LogP contribution in [0.1, 0.15) is 39.2 Å². The molecule has 1 aromatic rings. The first-order valence-electron chi connectivity index (χ1n) is 6.38. The SMILES string of the molecule is CC(C)(C)CC(N)CC(=O)Cc1ccc(F)cc1Br. The van der Waals surface area contributed by atoms with E-state index in [9.17, 15) is 9.18 Å². The summed E-state index contributed by atoms with van der Waals surface area (Å²) in [7, 11) is 0. The summed E-state index contributed by atoms with van der Waals surface area (Å²) in [5.74, 6) is -0.225. The quantitative estimate of drug-likeness (QED) is 0.891. The van der Waals surface area contributed by atoms with Crippen molar-refractivity contribution in [3.8, 4) is 0 Å². The first-order valence-corrected chi connectivity index (χ1v) is 7.18. The van der Waals surface area contributed by atoms with Gasteiger partial charge in [-0.3, -0.25) is 4.79 Å². The van der Waals surface area contributed by atoms with Crippen molar-refractivity contribution >= 4 is 21.7 Å². The molecule has 0 heterocycles. The molecular formula is C15H21BrFNO. The zero-order valence-electron chi connectivity index (χ0n) is 11.7. The van der Waals surface area contributed by atoms with Crippen molar-refractivity contribution in [2.45, 2.75) is 46.1 Å². The van der Waals surface area contributed by atoms with Gasteiger partial charge >= 0.3 is 0 Å². The number of hydrogen-bond donors (Lipinski definition) is 1. The van der Waals surface area contributed by atoms with Gasteiger partial charge in [0.15, 0.2) is 0 Å². The second kappa shape index (κ2) is 6.62. The third-order valence-electron chi connectivity index (χ3n) is 2.77. The van der Waals surface area contributed by atoms with E-state index in [4.69, 9.17) is 5.73 Å². The number of nitrogens with two attached hydrogens (primary N) is 1. The largest absolute Gasteiger partial charge is 0.327 e. The molecule has 0 aliphatic rings. The Labute approximate surface area is 122 Å². The maximum atomic E-state index is 12.9. The zero-order chi connectivity index (χ0) is 14.6. The number of hydrogen-bond acceptors (Lipinski definition) is 2. The van der Waals surface area contributed by atoms with Gasteiger partial charge in [0.1, 0.15) is 11.6 Å². The smallest absolute Gasteiger partial charge is 0.138 e. The van der Waals surface area contributed by atoms with Crippen molar-refractivity contribution in [2.75, 3.05) is 0 Å². The lowest BCUT2D eigenvalue weighted by molar-refractivity contribution is -0.118. The van der Waals surface area contributed by atoms with Crippen molar-refractivity contribution in [3.63, 3.8) is 0 Å². The van der Waals surface area contributed by atoms with Crippen LogP contribution >= 0.6 is 15.9 Å². The highest BCUT2D eigenvalue weighted by molar-refractivity contribution is 9.10. The Hall–Kier alpha value is -0.740. The molecule has 4 heteroatoms. The minimum atomic E-state index is -0.312. The van der Waals surface area contributed by atoms with Crippen molar-refractivity contribution in [2.24, 2.45) is 11.1 Å². The van der Waals surface area contributed by atoms with Crippen molar-refractivity contribution in [3.05, 3.63) is 34.1 Å². The van der Waals surface area contributed by atoms with Gasteiger partial charge in [-0.05, 0) is 29.5 Å². The summed E-state index contributed by atoms with van der Waals surface area (Å²) in [6.07, 6.45) is 1.46. The van der Waals surface area contributed by atoms with Gasteiger partial charge in [-0.25, -0.2) is 4.39 Å². The molecule has 19 heavy (non-hydrogen) atoms. The third kappa shape index (κ3) is 6.30. The lowest BCUT2D eigenvalue weighted by Gasteiger charge is -2.22. The molecule has 0 bridgehead atoms. The van der Waals surface area contributed by atoms with Gasteiger partial charge in [0.25, 0.3) is 0 Å². The van der Waals surface area contributed by atoms with Crippen LogP contribution in [0.4, 0.5) is 4.39 Å². The fraction of sp³-hybridized carbons (Fsp3) is 0.533. The van der Waals surface area contributed by atoms with Crippen LogP contribution in [0, 0.1) is 11.2 Å². The molecule has 0 fully saturated rings.